The molecule has 3 nitrogen and oxygen atoms in total. The largest absolute Gasteiger partial charge is 0.342 e. The summed E-state index contributed by atoms with van der Waals surface area (Å²) in [5.41, 5.74) is 6.00. The van der Waals surface area contributed by atoms with E-state index in [4.69, 9.17) is 5.73 Å². The molecule has 2 N–H and O–H groups in total. The number of hydrogen-bond donors (Lipinski definition) is 1. The van der Waals surface area contributed by atoms with E-state index >= 15 is 0 Å². The number of nitrogens with two attached hydrogens (primary N) is 1. The fourth-order valence-corrected chi connectivity index (χ4v) is 3.27. The quantitative estimate of drug-likeness (QED) is 0.805. The fourth-order valence-electron chi connectivity index (χ4n) is 3.27. The van der Waals surface area contributed by atoms with Crippen LogP contribution in [0.25, 0.3) is 0 Å². The van der Waals surface area contributed by atoms with Gasteiger partial charge >= 0.3 is 0 Å². The summed E-state index contributed by atoms with van der Waals surface area (Å²) in [6.45, 7) is 10.5. The van der Waals surface area contributed by atoms with Crippen molar-refractivity contribution in [1.29, 1.82) is 0 Å². The van der Waals surface area contributed by atoms with Gasteiger partial charge in [-0.05, 0) is 38.0 Å². The lowest BCUT2D eigenvalue weighted by molar-refractivity contribution is -0.138. The van der Waals surface area contributed by atoms with Gasteiger partial charge in [-0.2, -0.15) is 0 Å². The lowest BCUT2D eigenvalue weighted by Gasteiger charge is -2.36. The molecule has 1 aliphatic carbocycles. The highest BCUT2D eigenvalue weighted by Gasteiger charge is 2.33. The van der Waals surface area contributed by atoms with Crippen LogP contribution in [-0.4, -0.2) is 29.9 Å². The van der Waals surface area contributed by atoms with Crippen LogP contribution >= 0.6 is 0 Å². The summed E-state index contributed by atoms with van der Waals surface area (Å²) in [5.74, 6) is 1.65. The molecule has 0 spiro atoms. The Balaban J connectivity index is 2.62. The lowest BCUT2D eigenvalue weighted by atomic mass is 9.77. The second-order valence-electron chi connectivity index (χ2n) is 6.22. The van der Waals surface area contributed by atoms with Crippen LogP contribution in [0.5, 0.6) is 0 Å². The van der Waals surface area contributed by atoms with E-state index in [0.29, 0.717) is 23.8 Å². The molecule has 1 saturated carbocycles. The van der Waals surface area contributed by atoms with Gasteiger partial charge in [-0.3, -0.25) is 4.79 Å². The van der Waals surface area contributed by atoms with Crippen molar-refractivity contribution < 1.29 is 4.79 Å². The Labute approximate surface area is 118 Å². The van der Waals surface area contributed by atoms with Crippen LogP contribution in [0.4, 0.5) is 0 Å². The molecule has 1 rings (SSSR count). The van der Waals surface area contributed by atoms with Crippen molar-refractivity contribution in [3.05, 3.63) is 0 Å². The predicted octanol–water partition coefficient (Wildman–Crippen LogP) is 3.03. The molecule has 0 aliphatic heterocycles. The van der Waals surface area contributed by atoms with Gasteiger partial charge < -0.3 is 10.6 Å². The van der Waals surface area contributed by atoms with Crippen molar-refractivity contribution >= 4 is 5.91 Å². The minimum Gasteiger partial charge on any atom is -0.342 e. The number of carbonyl (C=O) groups excluding carboxylic acids is 1. The monoisotopic (exact) mass is 268 g/mol. The average molecular weight is 268 g/mol. The average Bonchev–Trinajstić information content (AvgIpc) is 2.39. The van der Waals surface area contributed by atoms with Crippen molar-refractivity contribution in [1.82, 2.24) is 4.90 Å². The third-order valence-corrected chi connectivity index (χ3v) is 4.85. The molecular formula is C16H32N2O. The Kier molecular flexibility index (Phi) is 6.84. The van der Waals surface area contributed by atoms with E-state index in [1.165, 1.54) is 0 Å². The molecule has 1 fully saturated rings. The van der Waals surface area contributed by atoms with Crippen LogP contribution in [0.3, 0.4) is 0 Å². The zero-order chi connectivity index (χ0) is 14.4. The zero-order valence-corrected chi connectivity index (χ0v) is 13.2. The molecule has 0 saturated heterocycles. The maximum Gasteiger partial charge on any atom is 0.225 e. The molecule has 0 aromatic rings. The highest BCUT2D eigenvalue weighted by Crippen LogP contribution is 2.31. The highest BCUT2D eigenvalue weighted by atomic mass is 16.2. The summed E-state index contributed by atoms with van der Waals surface area (Å²) in [6.07, 6.45) is 5.29. The van der Waals surface area contributed by atoms with Crippen LogP contribution in [0.1, 0.15) is 59.8 Å². The Hall–Kier alpha value is -0.570. The van der Waals surface area contributed by atoms with Crippen molar-refractivity contribution in [2.75, 3.05) is 13.1 Å². The molecule has 1 aliphatic rings. The summed E-state index contributed by atoms with van der Waals surface area (Å²) >= 11 is 0. The molecule has 0 radical (unpaired) electrons. The summed E-state index contributed by atoms with van der Waals surface area (Å²) < 4.78 is 0. The molecule has 3 unspecified atom stereocenters. The van der Waals surface area contributed by atoms with Crippen LogP contribution in [0.2, 0.25) is 0 Å². The summed E-state index contributed by atoms with van der Waals surface area (Å²) in [5, 5.41) is 0. The number of amides is 1. The second kappa shape index (κ2) is 7.88. The molecule has 3 atom stereocenters. The molecular weight excluding hydrogens is 236 g/mol. The molecule has 0 heterocycles. The first-order valence-corrected chi connectivity index (χ1v) is 8.07. The smallest absolute Gasteiger partial charge is 0.225 e. The van der Waals surface area contributed by atoms with E-state index in [0.717, 1.165) is 45.2 Å². The van der Waals surface area contributed by atoms with E-state index in [1.54, 1.807) is 0 Å². The van der Waals surface area contributed by atoms with Crippen molar-refractivity contribution in [3.8, 4) is 0 Å². The molecule has 112 valence electrons. The van der Waals surface area contributed by atoms with Crippen molar-refractivity contribution in [2.45, 2.75) is 65.8 Å². The van der Waals surface area contributed by atoms with Gasteiger partial charge in [0, 0.05) is 25.0 Å². The third-order valence-electron chi connectivity index (χ3n) is 4.85. The Bertz CT molecular complexity index is 276. The molecule has 0 bridgehead atoms. The van der Waals surface area contributed by atoms with Gasteiger partial charge in [0.25, 0.3) is 0 Å². The van der Waals surface area contributed by atoms with Crippen molar-refractivity contribution in [3.63, 3.8) is 0 Å². The Morgan fingerprint density at radius 3 is 2.37 bits per heavy atom. The summed E-state index contributed by atoms with van der Waals surface area (Å²) in [7, 11) is 0. The normalized spacial score (nSPS) is 27.6. The topological polar surface area (TPSA) is 46.3 Å². The SMILES string of the molecule is CCC(CC)CN(CC)C(=O)C1CCC(N)CC1C. The maximum absolute atomic E-state index is 12.7. The van der Waals surface area contributed by atoms with E-state index in [-0.39, 0.29) is 5.92 Å². The van der Waals surface area contributed by atoms with E-state index < -0.39 is 0 Å². The van der Waals surface area contributed by atoms with Crippen molar-refractivity contribution in [2.24, 2.45) is 23.5 Å². The minimum absolute atomic E-state index is 0.203. The number of rotatable bonds is 6. The standard InChI is InChI=1S/C16H32N2O/c1-5-13(6-2)11-18(7-3)16(19)15-9-8-14(17)10-12(15)4/h12-15H,5-11,17H2,1-4H3. The van der Waals surface area contributed by atoms with Crippen LogP contribution in [0.15, 0.2) is 0 Å². The van der Waals surface area contributed by atoms with Gasteiger partial charge in [0.15, 0.2) is 0 Å². The molecule has 3 heteroatoms. The van der Waals surface area contributed by atoms with Gasteiger partial charge in [0.05, 0.1) is 0 Å². The molecule has 0 aromatic heterocycles. The summed E-state index contributed by atoms with van der Waals surface area (Å²) in [4.78, 5) is 14.8. The second-order valence-corrected chi connectivity index (χ2v) is 6.22. The zero-order valence-electron chi connectivity index (χ0n) is 13.2. The van der Waals surface area contributed by atoms with Gasteiger partial charge in [-0.15, -0.1) is 0 Å². The number of hydrogen-bond acceptors (Lipinski definition) is 2. The lowest BCUT2D eigenvalue weighted by Crippen LogP contribution is -2.44. The number of nitrogens with zero attached hydrogens (tertiary/aromatic N) is 1. The Morgan fingerprint density at radius 1 is 1.26 bits per heavy atom. The first-order chi connectivity index (χ1) is 9.03. The Morgan fingerprint density at radius 2 is 1.89 bits per heavy atom. The first kappa shape index (κ1) is 16.5. The molecule has 1 amide bonds. The maximum atomic E-state index is 12.7. The number of carbonyl (C=O) groups is 1. The fraction of sp³-hybridized carbons (Fsp3) is 0.938. The first-order valence-electron chi connectivity index (χ1n) is 8.07. The van der Waals surface area contributed by atoms with Gasteiger partial charge in [0.1, 0.15) is 0 Å². The van der Waals surface area contributed by atoms with Crippen LogP contribution < -0.4 is 5.73 Å². The molecule has 0 aromatic carbocycles. The summed E-state index contributed by atoms with van der Waals surface area (Å²) in [6, 6.07) is 0.299. The van der Waals surface area contributed by atoms with Crippen LogP contribution in [0, 0.1) is 17.8 Å². The van der Waals surface area contributed by atoms with E-state index in [1.807, 2.05) is 0 Å². The van der Waals surface area contributed by atoms with E-state index in [9.17, 15) is 4.79 Å². The predicted molar refractivity (Wildman–Crippen MR) is 80.8 cm³/mol. The minimum atomic E-state index is 0.203. The third kappa shape index (κ3) is 4.48. The highest BCUT2D eigenvalue weighted by molar-refractivity contribution is 5.79. The van der Waals surface area contributed by atoms with Gasteiger partial charge in [-0.1, -0.05) is 33.6 Å². The van der Waals surface area contributed by atoms with Gasteiger partial charge in [-0.25, -0.2) is 0 Å². The van der Waals surface area contributed by atoms with Gasteiger partial charge in [0.2, 0.25) is 5.91 Å². The van der Waals surface area contributed by atoms with Crippen LogP contribution in [-0.2, 0) is 4.79 Å². The molecule has 19 heavy (non-hydrogen) atoms. The van der Waals surface area contributed by atoms with E-state index in [2.05, 4.69) is 32.6 Å².